The number of amides is 4. The minimum atomic E-state index is -1.83. The number of hydrogen-bond donors (Lipinski definition) is 0. The van der Waals surface area contributed by atoms with E-state index in [1.807, 2.05) is 67.3 Å². The first-order valence-corrected chi connectivity index (χ1v) is 13.8. The molecule has 0 N–H and O–H groups in total. The van der Waals surface area contributed by atoms with Crippen LogP contribution >= 0.6 is 0 Å². The van der Waals surface area contributed by atoms with Crippen LogP contribution in [-0.2, 0) is 28.7 Å². The van der Waals surface area contributed by atoms with Gasteiger partial charge in [-0.2, -0.15) is 0 Å². The monoisotopic (exact) mass is 543 g/mol. The third-order valence-corrected chi connectivity index (χ3v) is 9.52. The second-order valence-corrected chi connectivity index (χ2v) is 11.3. The molecule has 0 spiro atoms. The highest BCUT2D eigenvalue weighted by Gasteiger charge is 2.84. The van der Waals surface area contributed by atoms with E-state index < -0.39 is 59.1 Å². The van der Waals surface area contributed by atoms with E-state index >= 15 is 0 Å². The van der Waals surface area contributed by atoms with E-state index in [2.05, 4.69) is 0 Å². The molecule has 4 aliphatic rings. The molecule has 9 heteroatoms. The van der Waals surface area contributed by atoms with Crippen molar-refractivity contribution in [3.8, 4) is 0 Å². The lowest BCUT2D eigenvalue weighted by molar-refractivity contribution is -0.166. The molecule has 4 heterocycles. The molecule has 6 atom stereocenters. The highest BCUT2D eigenvalue weighted by Crippen LogP contribution is 2.69. The topological polar surface area (TPSA) is 104 Å². The number of hydrogen-bond acceptors (Lipinski definition) is 7. The van der Waals surface area contributed by atoms with Crippen molar-refractivity contribution in [2.24, 2.45) is 23.7 Å². The van der Waals surface area contributed by atoms with Crippen LogP contribution < -0.4 is 0 Å². The van der Waals surface area contributed by atoms with Crippen molar-refractivity contribution < 1.29 is 28.7 Å². The van der Waals surface area contributed by atoms with Gasteiger partial charge >= 0.3 is 5.97 Å². The number of rotatable bonds is 5. The lowest BCUT2D eigenvalue weighted by atomic mass is 9.69. The number of imide groups is 2. The van der Waals surface area contributed by atoms with Crippen molar-refractivity contribution in [1.29, 1.82) is 0 Å². The highest BCUT2D eigenvalue weighted by atomic mass is 16.5. The Kier molecular flexibility index (Phi) is 5.99. The van der Waals surface area contributed by atoms with Gasteiger partial charge in [-0.1, -0.05) is 59.7 Å². The van der Waals surface area contributed by atoms with Crippen LogP contribution in [0.4, 0.5) is 0 Å². The Morgan fingerprint density at radius 1 is 0.700 bits per heavy atom. The summed E-state index contributed by atoms with van der Waals surface area (Å²) in [7, 11) is 1.23. The van der Waals surface area contributed by atoms with Crippen LogP contribution in [0.5, 0.6) is 0 Å². The molecule has 0 aromatic heterocycles. The third kappa shape index (κ3) is 3.09. The van der Waals surface area contributed by atoms with Gasteiger partial charge in [0.05, 0.1) is 30.8 Å². The molecule has 0 aliphatic carbocycles. The predicted molar refractivity (Wildman–Crippen MR) is 143 cm³/mol. The molecule has 4 saturated heterocycles. The minimum Gasteiger partial charge on any atom is -0.468 e. The maximum atomic E-state index is 14.2. The summed E-state index contributed by atoms with van der Waals surface area (Å²) < 4.78 is 5.42. The Bertz CT molecular complexity index is 1340. The van der Waals surface area contributed by atoms with Gasteiger partial charge in [0, 0.05) is 25.2 Å². The summed E-state index contributed by atoms with van der Waals surface area (Å²) in [5.74, 6) is -6.68. The summed E-state index contributed by atoms with van der Waals surface area (Å²) in [6.07, 6.45) is 0. The number of methoxy groups -OCH3 is 1. The van der Waals surface area contributed by atoms with Gasteiger partial charge in [-0.3, -0.25) is 33.9 Å². The van der Waals surface area contributed by atoms with Crippen LogP contribution in [-0.4, -0.2) is 70.0 Å². The largest absolute Gasteiger partial charge is 0.468 e. The fourth-order valence-corrected chi connectivity index (χ4v) is 7.97. The van der Waals surface area contributed by atoms with Crippen LogP contribution in [0.15, 0.2) is 48.5 Å². The van der Waals surface area contributed by atoms with Gasteiger partial charge in [-0.25, -0.2) is 4.79 Å². The molecule has 0 unspecified atom stereocenters. The molecule has 4 fully saturated rings. The lowest BCUT2D eigenvalue weighted by Crippen LogP contribution is -2.60. The van der Waals surface area contributed by atoms with Crippen LogP contribution in [0.3, 0.4) is 0 Å². The molecule has 2 aromatic rings. The molecular weight excluding hydrogens is 510 g/mol. The van der Waals surface area contributed by atoms with E-state index in [1.54, 1.807) is 13.8 Å². The fraction of sp³-hybridized carbons (Fsp3) is 0.452. The molecule has 0 bridgehead atoms. The molecule has 2 aromatic carbocycles. The fourth-order valence-electron chi connectivity index (χ4n) is 7.97. The summed E-state index contributed by atoms with van der Waals surface area (Å²) in [6.45, 7) is 7.63. The van der Waals surface area contributed by atoms with Crippen LogP contribution in [0.25, 0.3) is 0 Å². The zero-order valence-corrected chi connectivity index (χ0v) is 23.3. The minimum absolute atomic E-state index is 0.145. The Labute approximate surface area is 233 Å². The average molecular weight is 544 g/mol. The second-order valence-electron chi connectivity index (χ2n) is 11.3. The molecule has 9 nitrogen and oxygen atoms in total. The van der Waals surface area contributed by atoms with E-state index in [0.717, 1.165) is 22.3 Å². The number of esters is 1. The van der Waals surface area contributed by atoms with Crippen LogP contribution in [0.1, 0.15) is 48.2 Å². The number of fused-ring (bicyclic) bond motifs is 5. The molecule has 0 saturated carbocycles. The standard InChI is InChI=1S/C31H33N3O6/c1-6-32-26(35)20-22(28(32)37)31(30(39)40-5)23-21(27(36)33(7-2)29(23)38)25(19-14-10-17(4)11-15-19)34(31)24(20)18-12-8-16(3)9-13-18/h8-15,20-25H,6-7H2,1-5H3/t20-,21-,22-,23-,24-,25-/m1/s1. The molecule has 208 valence electrons. The second kappa shape index (κ2) is 9.09. The van der Waals surface area contributed by atoms with Gasteiger partial charge in [0.1, 0.15) is 5.54 Å². The summed E-state index contributed by atoms with van der Waals surface area (Å²) in [4.78, 5) is 74.6. The zero-order chi connectivity index (χ0) is 28.7. The van der Waals surface area contributed by atoms with Gasteiger partial charge in [0.2, 0.25) is 23.6 Å². The Hall–Kier alpha value is -3.85. The number of ether oxygens (including phenoxy) is 1. The maximum absolute atomic E-state index is 14.2. The number of likely N-dealkylation sites (tertiary alicyclic amines) is 2. The Morgan fingerprint density at radius 3 is 1.40 bits per heavy atom. The summed E-state index contributed by atoms with van der Waals surface area (Å²) in [5.41, 5.74) is 1.69. The molecule has 6 rings (SSSR count). The summed E-state index contributed by atoms with van der Waals surface area (Å²) >= 11 is 0. The Morgan fingerprint density at radius 2 is 1.07 bits per heavy atom. The predicted octanol–water partition coefficient (Wildman–Crippen LogP) is 2.57. The lowest BCUT2D eigenvalue weighted by Gasteiger charge is -2.41. The first-order valence-electron chi connectivity index (χ1n) is 13.8. The van der Waals surface area contributed by atoms with Crippen molar-refractivity contribution in [2.45, 2.75) is 45.3 Å². The smallest absolute Gasteiger partial charge is 0.328 e. The van der Waals surface area contributed by atoms with E-state index in [1.165, 1.54) is 16.9 Å². The average Bonchev–Trinajstić information content (AvgIpc) is 3.58. The van der Waals surface area contributed by atoms with Crippen molar-refractivity contribution in [3.05, 3.63) is 70.8 Å². The van der Waals surface area contributed by atoms with E-state index in [9.17, 15) is 24.0 Å². The van der Waals surface area contributed by atoms with Gasteiger partial charge in [-0.15, -0.1) is 0 Å². The normalized spacial score (nSPS) is 30.6. The van der Waals surface area contributed by atoms with Crippen molar-refractivity contribution in [1.82, 2.24) is 14.7 Å². The first-order chi connectivity index (χ1) is 19.1. The zero-order valence-electron chi connectivity index (χ0n) is 23.3. The van der Waals surface area contributed by atoms with Crippen molar-refractivity contribution in [3.63, 3.8) is 0 Å². The molecule has 4 aliphatic heterocycles. The van der Waals surface area contributed by atoms with Gasteiger partial charge in [0.15, 0.2) is 0 Å². The number of aryl methyl sites for hydroxylation is 2. The van der Waals surface area contributed by atoms with E-state index in [4.69, 9.17) is 4.74 Å². The van der Waals surface area contributed by atoms with Crippen molar-refractivity contribution >= 4 is 29.6 Å². The molecule has 4 amide bonds. The summed E-state index contributed by atoms with van der Waals surface area (Å²) in [6, 6.07) is 13.8. The Balaban J connectivity index is 1.70. The summed E-state index contributed by atoms with van der Waals surface area (Å²) in [5, 5.41) is 0. The van der Waals surface area contributed by atoms with E-state index in [-0.39, 0.29) is 24.9 Å². The maximum Gasteiger partial charge on any atom is 0.328 e. The number of nitrogens with zero attached hydrogens (tertiary/aromatic N) is 3. The van der Waals surface area contributed by atoms with Gasteiger partial charge in [-0.05, 0) is 38.8 Å². The first kappa shape index (κ1) is 26.4. The quantitative estimate of drug-likeness (QED) is 0.422. The van der Waals surface area contributed by atoms with Crippen LogP contribution in [0, 0.1) is 37.5 Å². The number of benzene rings is 2. The van der Waals surface area contributed by atoms with E-state index in [0.29, 0.717) is 0 Å². The molecule has 0 radical (unpaired) electrons. The van der Waals surface area contributed by atoms with Gasteiger partial charge < -0.3 is 4.74 Å². The third-order valence-electron chi connectivity index (χ3n) is 9.52. The van der Waals surface area contributed by atoms with Gasteiger partial charge in [0.25, 0.3) is 0 Å². The number of carbonyl (C=O) groups excluding carboxylic acids is 5. The number of carbonyl (C=O) groups is 5. The highest BCUT2D eigenvalue weighted by molar-refractivity contribution is 6.15. The SMILES string of the molecule is CCN1C(=O)[C@H]2[C@@H](c3ccc(C)cc3)N3[C@H](c4ccc(C)cc4)[C@@H]4C(=O)N(CC)C(=O)[C@@H]4C3(C(=O)OC)[C@H]2C1=O. The van der Waals surface area contributed by atoms with Crippen LogP contribution in [0.2, 0.25) is 0 Å². The molecule has 40 heavy (non-hydrogen) atoms. The van der Waals surface area contributed by atoms with Crippen molar-refractivity contribution in [2.75, 3.05) is 20.2 Å². The molecular formula is C31H33N3O6.